The van der Waals surface area contributed by atoms with Crippen molar-refractivity contribution in [2.75, 3.05) is 33.5 Å². The molecule has 5 rings (SSSR count). The molecule has 0 aliphatic carbocycles. The first kappa shape index (κ1) is 49.0. The van der Waals surface area contributed by atoms with E-state index in [9.17, 15) is 33.9 Å². The SMILES string of the molecule is CC[C@H]1OC(=O)[C@H](C)C(=O)[C@H](C)[C@@H](O[C@@H]2O[C@H](C)C[C@H](N(C)C)[C@H]2O)[C@](C)(OC)C[C@@H](C)C(=O)[C@H](C)[C@H]2C(NC(=O)CNC(=O)CSc3cnc4ccccc4n3)C(=O)O[C@@]21C. The maximum Gasteiger partial charge on any atom is 0.329 e. The quantitative estimate of drug-likeness (QED) is 0.168. The lowest BCUT2D eigenvalue weighted by Gasteiger charge is -2.47. The van der Waals surface area contributed by atoms with E-state index >= 15 is 0 Å². The molecule has 62 heavy (non-hydrogen) atoms. The molecular formula is C44H63N5O12S. The number of likely N-dealkylation sites (N-methyl/N-ethyl adjacent to an activating group) is 1. The van der Waals surface area contributed by atoms with Crippen LogP contribution >= 0.6 is 11.8 Å². The van der Waals surface area contributed by atoms with Crippen molar-refractivity contribution in [1.82, 2.24) is 25.5 Å². The molecule has 342 valence electrons. The molecule has 0 saturated carbocycles. The summed E-state index contributed by atoms with van der Waals surface area (Å²) in [7, 11) is 5.12. The average Bonchev–Trinajstić information content (AvgIpc) is 3.50. The first-order valence-electron chi connectivity index (χ1n) is 21.3. The Morgan fingerprint density at radius 1 is 0.984 bits per heavy atom. The Morgan fingerprint density at radius 3 is 2.31 bits per heavy atom. The number of fused-ring (bicyclic) bond motifs is 2. The Labute approximate surface area is 367 Å². The van der Waals surface area contributed by atoms with Crippen molar-refractivity contribution in [2.45, 2.75) is 134 Å². The van der Waals surface area contributed by atoms with Gasteiger partial charge in [-0.05, 0) is 73.2 Å². The van der Waals surface area contributed by atoms with Gasteiger partial charge in [-0.2, -0.15) is 0 Å². The third kappa shape index (κ3) is 10.5. The molecule has 3 saturated heterocycles. The van der Waals surface area contributed by atoms with Gasteiger partial charge in [-0.25, -0.2) is 9.78 Å². The molecule has 0 bridgehead atoms. The van der Waals surface area contributed by atoms with Gasteiger partial charge in [0.2, 0.25) is 11.8 Å². The first-order valence-corrected chi connectivity index (χ1v) is 22.3. The van der Waals surface area contributed by atoms with Crippen molar-refractivity contribution < 1.29 is 57.6 Å². The van der Waals surface area contributed by atoms with Gasteiger partial charge in [0, 0.05) is 36.8 Å². The molecule has 1 aromatic carbocycles. The van der Waals surface area contributed by atoms with Gasteiger partial charge in [0.25, 0.3) is 0 Å². The molecule has 3 N–H and O–H groups in total. The lowest BCUT2D eigenvalue weighted by molar-refractivity contribution is -0.295. The van der Waals surface area contributed by atoms with Gasteiger partial charge >= 0.3 is 11.9 Å². The van der Waals surface area contributed by atoms with Crippen LogP contribution in [0.5, 0.6) is 0 Å². The zero-order chi connectivity index (χ0) is 45.8. The predicted molar refractivity (Wildman–Crippen MR) is 227 cm³/mol. The Morgan fingerprint density at radius 2 is 1.66 bits per heavy atom. The van der Waals surface area contributed by atoms with Crippen LogP contribution in [-0.2, 0) is 52.5 Å². The highest BCUT2D eigenvalue weighted by Crippen LogP contribution is 2.45. The summed E-state index contributed by atoms with van der Waals surface area (Å²) >= 11 is 1.14. The summed E-state index contributed by atoms with van der Waals surface area (Å²) in [6.07, 6.45) is -2.60. The number of rotatable bonds is 11. The molecule has 2 aromatic rings. The number of aliphatic hydroxyl groups excluding tert-OH is 1. The van der Waals surface area contributed by atoms with E-state index in [4.69, 9.17) is 23.7 Å². The van der Waals surface area contributed by atoms with Crippen LogP contribution in [0.4, 0.5) is 0 Å². The number of cyclic esters (lactones) is 1. The van der Waals surface area contributed by atoms with Crippen LogP contribution < -0.4 is 10.6 Å². The van der Waals surface area contributed by atoms with Crippen LogP contribution in [0.3, 0.4) is 0 Å². The lowest BCUT2D eigenvalue weighted by Crippen LogP contribution is -2.60. The van der Waals surface area contributed by atoms with E-state index in [0.717, 1.165) is 11.8 Å². The number of aromatic nitrogens is 2. The molecule has 0 radical (unpaired) electrons. The minimum atomic E-state index is -1.63. The summed E-state index contributed by atoms with van der Waals surface area (Å²) in [6.45, 7) is 12.7. The Hall–Kier alpha value is -4.07. The highest BCUT2D eigenvalue weighted by Gasteiger charge is 2.62. The Balaban J connectivity index is 1.40. The molecule has 3 fully saturated rings. The van der Waals surface area contributed by atoms with E-state index in [0.29, 0.717) is 22.5 Å². The smallest absolute Gasteiger partial charge is 0.329 e. The summed E-state index contributed by atoms with van der Waals surface area (Å²) in [6, 6.07) is 5.63. The van der Waals surface area contributed by atoms with Crippen LogP contribution in [0.2, 0.25) is 0 Å². The van der Waals surface area contributed by atoms with E-state index in [-0.39, 0.29) is 36.5 Å². The van der Waals surface area contributed by atoms with Crippen LogP contribution in [0, 0.1) is 29.6 Å². The number of ether oxygens (including phenoxy) is 5. The zero-order valence-corrected chi connectivity index (χ0v) is 38.4. The maximum absolute atomic E-state index is 14.7. The number of carbonyl (C=O) groups is 6. The number of methoxy groups -OCH3 is 1. The molecule has 3 aliphatic rings. The van der Waals surface area contributed by atoms with E-state index in [1.807, 2.05) is 50.2 Å². The van der Waals surface area contributed by atoms with Gasteiger partial charge < -0.3 is 44.3 Å². The number of aliphatic hydroxyl groups is 1. The second-order valence-electron chi connectivity index (χ2n) is 17.6. The van der Waals surface area contributed by atoms with Crippen molar-refractivity contribution in [3.05, 3.63) is 30.5 Å². The monoisotopic (exact) mass is 885 g/mol. The van der Waals surface area contributed by atoms with Gasteiger partial charge in [0.05, 0.1) is 47.3 Å². The number of Topliss-reactive ketones (excluding diaryl/α,β-unsaturated/α-hetero) is 2. The molecule has 1 unspecified atom stereocenters. The first-order chi connectivity index (χ1) is 29.1. The second-order valence-corrected chi connectivity index (χ2v) is 18.6. The number of hydrogen-bond donors (Lipinski definition) is 3. The Bertz CT molecular complexity index is 1990. The van der Waals surface area contributed by atoms with Crippen molar-refractivity contribution in [3.8, 4) is 0 Å². The largest absolute Gasteiger partial charge is 0.458 e. The number of amides is 2. The fraction of sp³-hybridized carbons (Fsp3) is 0.682. The number of benzene rings is 1. The molecule has 4 heterocycles. The number of hydrogen-bond acceptors (Lipinski definition) is 16. The van der Waals surface area contributed by atoms with Crippen LogP contribution in [0.25, 0.3) is 11.0 Å². The normalized spacial score (nSPS) is 36.1. The minimum absolute atomic E-state index is 0.0184. The summed E-state index contributed by atoms with van der Waals surface area (Å²) < 4.78 is 30.9. The lowest BCUT2D eigenvalue weighted by atomic mass is 9.69. The third-order valence-corrected chi connectivity index (χ3v) is 13.8. The van der Waals surface area contributed by atoms with E-state index in [1.54, 1.807) is 47.7 Å². The van der Waals surface area contributed by atoms with Gasteiger partial charge in [-0.3, -0.25) is 29.0 Å². The third-order valence-electron chi connectivity index (χ3n) is 12.9. The number of esters is 2. The number of nitrogens with zero attached hydrogens (tertiary/aromatic N) is 3. The van der Waals surface area contributed by atoms with Crippen LogP contribution in [0.15, 0.2) is 35.5 Å². The topological polar surface area (TPSA) is 222 Å². The number of ketones is 2. The van der Waals surface area contributed by atoms with Gasteiger partial charge in [0.15, 0.2) is 17.7 Å². The maximum atomic E-state index is 14.7. The van der Waals surface area contributed by atoms with Crippen molar-refractivity contribution >= 4 is 58.1 Å². The van der Waals surface area contributed by atoms with Crippen LogP contribution in [0.1, 0.15) is 74.7 Å². The van der Waals surface area contributed by atoms with Gasteiger partial charge in [-0.1, -0.05) is 51.6 Å². The number of para-hydroxylation sites is 2. The molecule has 18 heteroatoms. The fourth-order valence-corrected chi connectivity index (χ4v) is 10.1. The molecule has 14 atom stereocenters. The predicted octanol–water partition coefficient (Wildman–Crippen LogP) is 2.88. The van der Waals surface area contributed by atoms with Crippen molar-refractivity contribution in [2.24, 2.45) is 29.6 Å². The molecule has 0 spiro atoms. The molecule has 2 amide bonds. The van der Waals surface area contributed by atoms with Gasteiger partial charge in [-0.15, -0.1) is 0 Å². The van der Waals surface area contributed by atoms with E-state index < -0.39 is 108 Å². The van der Waals surface area contributed by atoms with E-state index in [1.165, 1.54) is 14.0 Å². The van der Waals surface area contributed by atoms with Crippen LogP contribution in [-0.4, -0.2) is 143 Å². The second kappa shape index (κ2) is 20.2. The minimum Gasteiger partial charge on any atom is -0.458 e. The van der Waals surface area contributed by atoms with Crippen molar-refractivity contribution in [1.29, 1.82) is 0 Å². The molecule has 1 aromatic heterocycles. The summed E-state index contributed by atoms with van der Waals surface area (Å²) in [5, 5.41) is 17.2. The standard InChI is InChI=1S/C44H63N5O12S/c1-12-30-44(8)34(35(41(56)61-44)48-31(50)19-46-32(51)21-62-33-20-45-27-15-13-14-16-28(27)47-33)24(4)36(52)22(2)18-43(7,57-11)39(25(5)37(53)26(6)40(55)59-30)60-42-38(54)29(49(9)10)17-23(3)58-42/h13-16,20,22-26,29-30,34-35,38-39,42,54H,12,17-19,21H2,1-11H3,(H,46,51)(H,48,50)/t22-,23-,24-,25+,26-,29+,30-,34+,35?,38-,39-,42+,43-,44-/m1/s1. The highest BCUT2D eigenvalue weighted by atomic mass is 32.2. The molecule has 17 nitrogen and oxygen atoms in total. The zero-order valence-electron chi connectivity index (χ0n) is 37.5. The highest BCUT2D eigenvalue weighted by molar-refractivity contribution is 7.99. The summed E-state index contributed by atoms with van der Waals surface area (Å²) in [5.41, 5.74) is -1.60. The van der Waals surface area contributed by atoms with E-state index in [2.05, 4.69) is 20.6 Å². The Kier molecular flexibility index (Phi) is 15.9. The number of nitrogens with one attached hydrogen (secondary N) is 2. The summed E-state index contributed by atoms with van der Waals surface area (Å²) in [5.74, 6) is -8.98. The van der Waals surface area contributed by atoms with Gasteiger partial charge in [0.1, 0.15) is 35.0 Å². The molecule has 3 aliphatic heterocycles. The molecular weight excluding hydrogens is 823 g/mol. The van der Waals surface area contributed by atoms with Crippen molar-refractivity contribution in [3.63, 3.8) is 0 Å². The summed E-state index contributed by atoms with van der Waals surface area (Å²) in [4.78, 5) is 93.8. The number of thioether (sulfide) groups is 1. The fourth-order valence-electron chi connectivity index (χ4n) is 9.39. The average molecular weight is 886 g/mol. The number of carbonyl (C=O) groups excluding carboxylic acids is 6.